The van der Waals surface area contributed by atoms with Crippen molar-refractivity contribution in [3.63, 3.8) is 0 Å². The van der Waals surface area contributed by atoms with Crippen LogP contribution in [0.5, 0.6) is 0 Å². The largest absolute Gasteiger partial charge is 0.309 e. The Morgan fingerprint density at radius 3 is 2.65 bits per heavy atom. The van der Waals surface area contributed by atoms with E-state index in [-0.39, 0.29) is 10.6 Å². The molecule has 0 radical (unpaired) electrons. The van der Waals surface area contributed by atoms with Gasteiger partial charge in [-0.25, -0.2) is 0 Å². The van der Waals surface area contributed by atoms with E-state index in [1.54, 1.807) is 13.0 Å². The molecule has 0 spiro atoms. The summed E-state index contributed by atoms with van der Waals surface area (Å²) >= 11 is 0. The van der Waals surface area contributed by atoms with Crippen LogP contribution in [0.1, 0.15) is 30.4 Å². The molecule has 2 bridgehead atoms. The Kier molecular flexibility index (Phi) is 2.64. The summed E-state index contributed by atoms with van der Waals surface area (Å²) in [5.41, 5.74) is 2.00. The lowest BCUT2D eigenvalue weighted by Gasteiger charge is -2.10. The van der Waals surface area contributed by atoms with Crippen molar-refractivity contribution < 1.29 is 4.92 Å². The lowest BCUT2D eigenvalue weighted by atomic mass is 10.0. The third-order valence-corrected chi connectivity index (χ3v) is 5.75. The van der Waals surface area contributed by atoms with Gasteiger partial charge in [0.15, 0.2) is 0 Å². The summed E-state index contributed by atoms with van der Waals surface area (Å²) < 4.78 is 0. The van der Waals surface area contributed by atoms with Gasteiger partial charge in [0.2, 0.25) is 0 Å². The molecule has 1 N–H and O–H groups in total. The van der Waals surface area contributed by atoms with Crippen molar-refractivity contribution in [1.29, 1.82) is 0 Å². The van der Waals surface area contributed by atoms with Crippen LogP contribution in [0, 0.1) is 40.7 Å². The predicted molar refractivity (Wildman–Crippen MR) is 76.3 cm³/mol. The Bertz CT molecular complexity index is 556. The number of rotatable bonds is 4. The van der Waals surface area contributed by atoms with Crippen molar-refractivity contribution in [2.45, 2.75) is 38.8 Å². The number of hydrogen-bond acceptors (Lipinski definition) is 3. The maximum atomic E-state index is 11.0. The topological polar surface area (TPSA) is 55.2 Å². The van der Waals surface area contributed by atoms with E-state index in [1.807, 2.05) is 12.1 Å². The van der Waals surface area contributed by atoms with E-state index >= 15 is 0 Å². The van der Waals surface area contributed by atoms with E-state index in [1.165, 1.54) is 19.3 Å². The number of aryl methyl sites for hydroxylation is 1. The summed E-state index contributed by atoms with van der Waals surface area (Å²) in [6.07, 6.45) is 4.32. The minimum absolute atomic E-state index is 0.236. The fraction of sp³-hybridized carbons (Fsp3) is 0.625. The SMILES string of the molecule is Cc1ccc(CNC2C3C4CCC(C4)C23)cc1[N+](=O)[O-]. The zero-order valence-electron chi connectivity index (χ0n) is 11.7. The fourth-order valence-corrected chi connectivity index (χ4v) is 4.80. The van der Waals surface area contributed by atoms with Crippen molar-refractivity contribution in [2.24, 2.45) is 23.7 Å². The van der Waals surface area contributed by atoms with Gasteiger partial charge in [0.1, 0.15) is 0 Å². The second-order valence-corrected chi connectivity index (χ2v) is 6.77. The Morgan fingerprint density at radius 1 is 1.30 bits per heavy atom. The number of nitro groups is 1. The molecule has 0 heterocycles. The third-order valence-electron chi connectivity index (χ3n) is 5.75. The summed E-state index contributed by atoms with van der Waals surface area (Å²) in [6.45, 7) is 2.55. The summed E-state index contributed by atoms with van der Waals surface area (Å²) in [7, 11) is 0. The van der Waals surface area contributed by atoms with Gasteiger partial charge in [-0.1, -0.05) is 12.1 Å². The number of nitrogens with one attached hydrogen (secondary N) is 1. The molecular formula is C16H20N2O2. The van der Waals surface area contributed by atoms with Crippen LogP contribution >= 0.6 is 0 Å². The van der Waals surface area contributed by atoms with E-state index in [2.05, 4.69) is 5.32 Å². The molecule has 4 atom stereocenters. The van der Waals surface area contributed by atoms with Crippen LogP contribution in [-0.2, 0) is 6.54 Å². The first kappa shape index (κ1) is 12.3. The van der Waals surface area contributed by atoms with Gasteiger partial charge in [-0.2, -0.15) is 0 Å². The van der Waals surface area contributed by atoms with Crippen LogP contribution in [0.4, 0.5) is 5.69 Å². The van der Waals surface area contributed by atoms with Crippen LogP contribution in [0.3, 0.4) is 0 Å². The molecule has 4 nitrogen and oxygen atoms in total. The van der Waals surface area contributed by atoms with Crippen LogP contribution in [-0.4, -0.2) is 11.0 Å². The Morgan fingerprint density at radius 2 is 2.00 bits per heavy atom. The first-order chi connectivity index (χ1) is 9.65. The Labute approximate surface area is 118 Å². The zero-order valence-corrected chi connectivity index (χ0v) is 11.7. The van der Waals surface area contributed by atoms with E-state index in [9.17, 15) is 10.1 Å². The van der Waals surface area contributed by atoms with Crippen molar-refractivity contribution >= 4 is 5.69 Å². The fourth-order valence-electron chi connectivity index (χ4n) is 4.80. The summed E-state index contributed by atoms with van der Waals surface area (Å²) in [5, 5.41) is 14.6. The average Bonchev–Trinajstić information content (AvgIpc) is 2.81. The molecule has 0 saturated heterocycles. The second kappa shape index (κ2) is 4.29. The molecule has 1 aromatic carbocycles. The molecule has 4 rings (SSSR count). The van der Waals surface area contributed by atoms with Crippen molar-refractivity contribution in [2.75, 3.05) is 0 Å². The number of nitrogens with zero attached hydrogens (tertiary/aromatic N) is 1. The van der Waals surface area contributed by atoms with Crippen molar-refractivity contribution in [3.8, 4) is 0 Å². The van der Waals surface area contributed by atoms with Crippen LogP contribution in [0.15, 0.2) is 18.2 Å². The Balaban J connectivity index is 1.41. The number of nitro benzene ring substituents is 1. The maximum Gasteiger partial charge on any atom is 0.272 e. The lowest BCUT2D eigenvalue weighted by Crippen LogP contribution is -2.22. The monoisotopic (exact) mass is 272 g/mol. The smallest absolute Gasteiger partial charge is 0.272 e. The van der Waals surface area contributed by atoms with Gasteiger partial charge in [0.05, 0.1) is 4.92 Å². The zero-order chi connectivity index (χ0) is 13.9. The molecule has 0 amide bonds. The van der Waals surface area contributed by atoms with Crippen molar-refractivity contribution in [3.05, 3.63) is 39.4 Å². The minimum atomic E-state index is -0.287. The van der Waals surface area contributed by atoms with E-state index < -0.39 is 0 Å². The highest BCUT2D eigenvalue weighted by Crippen LogP contribution is 2.65. The van der Waals surface area contributed by atoms with Crippen LogP contribution in [0.2, 0.25) is 0 Å². The normalized spacial score (nSPS) is 37.0. The first-order valence-corrected chi connectivity index (χ1v) is 7.62. The lowest BCUT2D eigenvalue weighted by molar-refractivity contribution is -0.385. The van der Waals surface area contributed by atoms with E-state index in [0.29, 0.717) is 6.04 Å². The molecule has 3 fully saturated rings. The van der Waals surface area contributed by atoms with E-state index in [4.69, 9.17) is 0 Å². The Hall–Kier alpha value is -1.42. The molecule has 106 valence electrons. The molecule has 3 saturated carbocycles. The highest BCUT2D eigenvalue weighted by molar-refractivity contribution is 5.42. The summed E-state index contributed by atoms with van der Waals surface area (Å²) in [4.78, 5) is 10.7. The van der Waals surface area contributed by atoms with Gasteiger partial charge in [-0.15, -0.1) is 0 Å². The standard InChI is InChI=1S/C16H20N2O2/c1-9-2-3-10(6-13(9)18(19)20)8-17-16-14-11-4-5-12(7-11)15(14)16/h2-3,6,11-12,14-17H,4-5,7-8H2,1H3. The number of benzene rings is 1. The number of hydrogen-bond donors (Lipinski definition) is 1. The summed E-state index contributed by atoms with van der Waals surface area (Å²) in [5.74, 6) is 3.76. The van der Waals surface area contributed by atoms with Gasteiger partial charge < -0.3 is 5.32 Å². The molecule has 0 aromatic heterocycles. The second-order valence-electron chi connectivity index (χ2n) is 6.77. The quantitative estimate of drug-likeness (QED) is 0.677. The highest BCUT2D eigenvalue weighted by atomic mass is 16.6. The summed E-state index contributed by atoms with van der Waals surface area (Å²) in [6, 6.07) is 6.26. The average molecular weight is 272 g/mol. The molecular weight excluding hydrogens is 252 g/mol. The molecule has 1 aromatic rings. The first-order valence-electron chi connectivity index (χ1n) is 7.62. The molecule has 3 aliphatic rings. The van der Waals surface area contributed by atoms with Gasteiger partial charge in [-0.3, -0.25) is 10.1 Å². The molecule has 0 aliphatic heterocycles. The van der Waals surface area contributed by atoms with E-state index in [0.717, 1.165) is 41.3 Å². The predicted octanol–water partition coefficient (Wildman–Crippen LogP) is 3.04. The van der Waals surface area contributed by atoms with Gasteiger partial charge in [0, 0.05) is 24.2 Å². The van der Waals surface area contributed by atoms with Crippen molar-refractivity contribution in [1.82, 2.24) is 5.32 Å². The molecule has 4 heteroatoms. The van der Waals surface area contributed by atoms with Gasteiger partial charge >= 0.3 is 0 Å². The highest BCUT2D eigenvalue weighted by Gasteiger charge is 2.64. The molecule has 3 aliphatic carbocycles. The number of fused-ring (bicyclic) bond motifs is 5. The maximum absolute atomic E-state index is 11.0. The minimum Gasteiger partial charge on any atom is -0.309 e. The van der Waals surface area contributed by atoms with Gasteiger partial charge in [-0.05, 0) is 55.4 Å². The van der Waals surface area contributed by atoms with Crippen LogP contribution < -0.4 is 5.32 Å². The molecule has 4 unspecified atom stereocenters. The molecule has 20 heavy (non-hydrogen) atoms. The van der Waals surface area contributed by atoms with Crippen LogP contribution in [0.25, 0.3) is 0 Å². The third kappa shape index (κ3) is 1.78. The van der Waals surface area contributed by atoms with Gasteiger partial charge in [0.25, 0.3) is 5.69 Å².